The number of carbonyl (C=O) groups is 3. The number of carbonyl (C=O) groups excluding carboxylic acids is 2. The van der Waals surface area contributed by atoms with Gasteiger partial charge in [0.2, 0.25) is 0 Å². The molecule has 34 heavy (non-hydrogen) atoms. The molecule has 1 heterocycles. The number of fused-ring (bicyclic) bond motifs is 1. The first-order valence-electron chi connectivity index (χ1n) is 11.4. The summed E-state index contributed by atoms with van der Waals surface area (Å²) >= 11 is 1.24. The van der Waals surface area contributed by atoms with Gasteiger partial charge in [-0.05, 0) is 80.0 Å². The molecule has 1 fully saturated rings. The number of ether oxygens (including phenoxy) is 1. The van der Waals surface area contributed by atoms with Crippen molar-refractivity contribution in [2.24, 2.45) is 5.92 Å². The highest BCUT2D eigenvalue weighted by Crippen LogP contribution is 2.28. The van der Waals surface area contributed by atoms with Crippen LogP contribution in [0.1, 0.15) is 58.6 Å². The number of Topliss-reactive ketones (excluding diaryl/α,β-unsaturated/α-hetero) is 1. The van der Waals surface area contributed by atoms with Crippen molar-refractivity contribution in [1.29, 1.82) is 0 Å². The Morgan fingerprint density at radius 2 is 1.76 bits per heavy atom. The second kappa shape index (κ2) is 10.8. The first-order valence-corrected chi connectivity index (χ1v) is 12.2. The highest BCUT2D eigenvalue weighted by atomic mass is 32.1. The van der Waals surface area contributed by atoms with E-state index in [9.17, 15) is 18.8 Å². The molecule has 1 aliphatic carbocycles. The number of hydrogen-bond donors (Lipinski definition) is 2. The molecule has 2 N–H and O–H groups in total. The van der Waals surface area contributed by atoms with Crippen LogP contribution in [0.5, 0.6) is 5.75 Å². The molecule has 6 nitrogen and oxygen atoms in total. The lowest BCUT2D eigenvalue weighted by molar-refractivity contribution is -0.143. The van der Waals surface area contributed by atoms with E-state index in [1.165, 1.54) is 23.5 Å². The summed E-state index contributed by atoms with van der Waals surface area (Å²) < 4.78 is 20.0. The summed E-state index contributed by atoms with van der Waals surface area (Å²) in [5.41, 5.74) is 0.583. The van der Waals surface area contributed by atoms with Gasteiger partial charge in [-0.15, -0.1) is 11.3 Å². The van der Waals surface area contributed by atoms with E-state index in [2.05, 4.69) is 5.32 Å². The Bertz CT molecular complexity index is 1180. The fourth-order valence-electron chi connectivity index (χ4n) is 4.14. The van der Waals surface area contributed by atoms with Crippen LogP contribution in [0.3, 0.4) is 0 Å². The number of hydrogen-bond acceptors (Lipinski definition) is 5. The van der Waals surface area contributed by atoms with Crippen LogP contribution in [0.25, 0.3) is 10.1 Å². The lowest BCUT2D eigenvalue weighted by atomic mass is 9.87. The fourth-order valence-corrected chi connectivity index (χ4v) is 5.14. The Morgan fingerprint density at radius 3 is 2.47 bits per heavy atom. The molecule has 178 valence electrons. The van der Waals surface area contributed by atoms with E-state index in [0.29, 0.717) is 61.3 Å². The molecule has 0 bridgehead atoms. The van der Waals surface area contributed by atoms with Gasteiger partial charge in [0.05, 0.1) is 16.9 Å². The third kappa shape index (κ3) is 5.99. The van der Waals surface area contributed by atoms with Gasteiger partial charge in [0.15, 0.2) is 5.78 Å². The quantitative estimate of drug-likeness (QED) is 0.312. The van der Waals surface area contributed by atoms with Crippen LogP contribution < -0.4 is 10.1 Å². The van der Waals surface area contributed by atoms with Crippen molar-refractivity contribution in [3.05, 3.63) is 64.8 Å². The van der Waals surface area contributed by atoms with Gasteiger partial charge in [0.1, 0.15) is 11.6 Å². The summed E-state index contributed by atoms with van der Waals surface area (Å²) in [7, 11) is 0. The standard InChI is InChI=1S/C26H26FNO5S/c27-19-8-3-18-14-24(34-23(18)15-19)25(30)28-13-1-2-22(29)16-4-9-20(10-5-16)33-21-11-6-17(7-12-21)26(31)32/h3-5,8-10,14-15,17,21H,1-2,6-7,11-13H2,(H,28,30)(H,31,32). The second-order valence-corrected chi connectivity index (χ2v) is 9.61. The normalized spacial score (nSPS) is 17.9. The third-order valence-corrected chi connectivity index (χ3v) is 7.17. The van der Waals surface area contributed by atoms with Gasteiger partial charge in [-0.3, -0.25) is 14.4 Å². The van der Waals surface area contributed by atoms with Gasteiger partial charge in [0, 0.05) is 23.2 Å². The lowest BCUT2D eigenvalue weighted by Gasteiger charge is -2.26. The molecule has 1 amide bonds. The molecule has 8 heteroatoms. The summed E-state index contributed by atoms with van der Waals surface area (Å²) in [5, 5.41) is 12.7. The van der Waals surface area contributed by atoms with E-state index < -0.39 is 5.97 Å². The molecule has 0 atom stereocenters. The van der Waals surface area contributed by atoms with E-state index >= 15 is 0 Å². The predicted molar refractivity (Wildman–Crippen MR) is 128 cm³/mol. The van der Waals surface area contributed by atoms with Gasteiger partial charge in [0.25, 0.3) is 5.91 Å². The molecule has 0 radical (unpaired) electrons. The second-order valence-electron chi connectivity index (χ2n) is 8.53. The highest BCUT2D eigenvalue weighted by molar-refractivity contribution is 7.20. The number of halogens is 1. The molecule has 1 saturated carbocycles. The fraction of sp³-hybridized carbons (Fsp3) is 0.346. The SMILES string of the molecule is O=C(CCCNC(=O)c1cc2ccc(F)cc2s1)c1ccc(OC2CCC(C(=O)O)CC2)cc1. The van der Waals surface area contributed by atoms with E-state index in [4.69, 9.17) is 9.84 Å². The van der Waals surface area contributed by atoms with Crippen molar-refractivity contribution >= 4 is 39.1 Å². The third-order valence-electron chi connectivity index (χ3n) is 6.07. The van der Waals surface area contributed by atoms with Gasteiger partial charge < -0.3 is 15.2 Å². The summed E-state index contributed by atoms with van der Waals surface area (Å²) in [4.78, 5) is 36.4. The van der Waals surface area contributed by atoms with Crippen molar-refractivity contribution in [2.45, 2.75) is 44.6 Å². The maximum atomic E-state index is 13.3. The van der Waals surface area contributed by atoms with Crippen molar-refractivity contribution in [3.63, 3.8) is 0 Å². The molecule has 0 unspecified atom stereocenters. The first kappa shape index (κ1) is 23.9. The van der Waals surface area contributed by atoms with Crippen LogP contribution in [0, 0.1) is 11.7 Å². The van der Waals surface area contributed by atoms with Crippen molar-refractivity contribution in [1.82, 2.24) is 5.32 Å². The maximum Gasteiger partial charge on any atom is 0.306 e. The monoisotopic (exact) mass is 483 g/mol. The number of benzene rings is 2. The van der Waals surface area contributed by atoms with E-state index in [0.717, 1.165) is 10.1 Å². The number of ketones is 1. The molecular formula is C26H26FNO5S. The zero-order chi connectivity index (χ0) is 24.1. The Balaban J connectivity index is 1.19. The number of nitrogens with one attached hydrogen (secondary N) is 1. The zero-order valence-corrected chi connectivity index (χ0v) is 19.4. The van der Waals surface area contributed by atoms with Crippen LogP contribution >= 0.6 is 11.3 Å². The molecule has 4 rings (SSSR count). The maximum absolute atomic E-state index is 13.3. The molecule has 1 aliphatic rings. The molecule has 1 aromatic heterocycles. The summed E-state index contributed by atoms with van der Waals surface area (Å²) in [6.07, 6.45) is 3.47. The molecule has 0 spiro atoms. The van der Waals surface area contributed by atoms with Crippen molar-refractivity contribution in [2.75, 3.05) is 6.54 Å². The van der Waals surface area contributed by atoms with Gasteiger partial charge >= 0.3 is 5.97 Å². The first-order chi connectivity index (χ1) is 16.4. The van der Waals surface area contributed by atoms with Crippen LogP contribution in [0.15, 0.2) is 48.5 Å². The molecule has 2 aromatic carbocycles. The van der Waals surface area contributed by atoms with Crippen molar-refractivity contribution in [3.8, 4) is 5.75 Å². The number of carboxylic acids is 1. The topological polar surface area (TPSA) is 92.7 Å². The smallest absolute Gasteiger partial charge is 0.306 e. The number of amides is 1. The summed E-state index contributed by atoms with van der Waals surface area (Å²) in [6.45, 7) is 0.368. The average Bonchev–Trinajstić information content (AvgIpc) is 3.26. The molecular weight excluding hydrogens is 457 g/mol. The number of carboxylic acid groups (broad SMARTS) is 1. The Kier molecular flexibility index (Phi) is 7.57. The van der Waals surface area contributed by atoms with E-state index in [1.54, 1.807) is 36.4 Å². The van der Waals surface area contributed by atoms with Gasteiger partial charge in [-0.2, -0.15) is 0 Å². The molecule has 3 aromatic rings. The largest absolute Gasteiger partial charge is 0.490 e. The highest BCUT2D eigenvalue weighted by Gasteiger charge is 2.26. The predicted octanol–water partition coefficient (Wildman–Crippen LogP) is 5.46. The average molecular weight is 484 g/mol. The van der Waals surface area contributed by atoms with Gasteiger partial charge in [-0.25, -0.2) is 4.39 Å². The van der Waals surface area contributed by atoms with Crippen LogP contribution in [-0.4, -0.2) is 35.4 Å². The van der Waals surface area contributed by atoms with E-state index in [1.807, 2.05) is 0 Å². The van der Waals surface area contributed by atoms with Crippen LogP contribution in [0.2, 0.25) is 0 Å². The number of rotatable bonds is 9. The number of thiophene rings is 1. The minimum absolute atomic E-state index is 0.000670. The van der Waals surface area contributed by atoms with Crippen LogP contribution in [-0.2, 0) is 4.79 Å². The van der Waals surface area contributed by atoms with Crippen molar-refractivity contribution < 1.29 is 28.6 Å². The molecule has 0 saturated heterocycles. The Hall–Kier alpha value is -3.26. The van der Waals surface area contributed by atoms with E-state index in [-0.39, 0.29) is 29.5 Å². The number of aliphatic carboxylic acids is 1. The minimum atomic E-state index is -0.738. The van der Waals surface area contributed by atoms with Crippen LogP contribution in [0.4, 0.5) is 4.39 Å². The summed E-state index contributed by atoms with van der Waals surface area (Å²) in [6, 6.07) is 13.2. The van der Waals surface area contributed by atoms with Gasteiger partial charge in [-0.1, -0.05) is 6.07 Å². The zero-order valence-electron chi connectivity index (χ0n) is 18.6. The Labute approximate surface area is 200 Å². The summed E-state index contributed by atoms with van der Waals surface area (Å²) in [5.74, 6) is -0.919. The Morgan fingerprint density at radius 1 is 1.03 bits per heavy atom. The minimum Gasteiger partial charge on any atom is -0.490 e. The lowest BCUT2D eigenvalue weighted by Crippen LogP contribution is -2.27. The molecule has 0 aliphatic heterocycles.